The van der Waals surface area contributed by atoms with E-state index in [9.17, 15) is 0 Å². The average molecular weight is 234 g/mol. The van der Waals surface area contributed by atoms with Crippen molar-refractivity contribution < 1.29 is 9.15 Å². The van der Waals surface area contributed by atoms with Crippen molar-refractivity contribution in [3.05, 3.63) is 29.7 Å². The first-order valence-electron chi connectivity index (χ1n) is 5.88. The Morgan fingerprint density at radius 1 is 1.41 bits per heavy atom. The molecule has 0 saturated carbocycles. The van der Waals surface area contributed by atoms with Crippen LogP contribution in [0.4, 0.5) is 0 Å². The molecule has 0 atom stereocenters. The van der Waals surface area contributed by atoms with Gasteiger partial charge in [-0.05, 0) is 37.7 Å². The maximum Gasteiger partial charge on any atom is 0.192 e. The first-order valence-corrected chi connectivity index (χ1v) is 5.88. The number of hydrogen-bond donors (Lipinski definition) is 1. The van der Waals surface area contributed by atoms with Crippen LogP contribution in [0.25, 0.3) is 11.1 Å². The molecule has 0 fully saturated rings. The van der Waals surface area contributed by atoms with E-state index in [1.807, 2.05) is 32.2 Å². The predicted octanol–water partition coefficient (Wildman–Crippen LogP) is 2.26. The van der Waals surface area contributed by atoms with Gasteiger partial charge in [0.05, 0.1) is 6.61 Å². The molecule has 0 aliphatic rings. The molecule has 2 aromatic rings. The molecular formula is C13H18N2O2. The molecule has 0 aliphatic carbocycles. The Bertz CT molecular complexity index is 479. The highest BCUT2D eigenvalue weighted by atomic mass is 16.5. The van der Waals surface area contributed by atoms with Crippen molar-refractivity contribution in [1.82, 2.24) is 10.3 Å². The van der Waals surface area contributed by atoms with Crippen molar-refractivity contribution in [3.8, 4) is 0 Å². The number of hydrogen-bond acceptors (Lipinski definition) is 4. The van der Waals surface area contributed by atoms with E-state index >= 15 is 0 Å². The van der Waals surface area contributed by atoms with Crippen LogP contribution in [0.3, 0.4) is 0 Å². The average Bonchev–Trinajstić information content (AvgIpc) is 2.68. The van der Waals surface area contributed by atoms with Crippen molar-refractivity contribution in [3.63, 3.8) is 0 Å². The van der Waals surface area contributed by atoms with Gasteiger partial charge in [0.25, 0.3) is 0 Å². The Kier molecular flexibility index (Phi) is 4.12. The molecule has 0 radical (unpaired) electrons. The summed E-state index contributed by atoms with van der Waals surface area (Å²) in [5, 5.41) is 3.09. The summed E-state index contributed by atoms with van der Waals surface area (Å²) < 4.78 is 11.0. The summed E-state index contributed by atoms with van der Waals surface area (Å²) in [4.78, 5) is 4.30. The summed E-state index contributed by atoms with van der Waals surface area (Å²) in [5.74, 6) is 0.701. The molecule has 17 heavy (non-hydrogen) atoms. The number of rotatable bonds is 6. The number of aromatic nitrogens is 1. The molecule has 4 heteroatoms. The van der Waals surface area contributed by atoms with E-state index < -0.39 is 0 Å². The Morgan fingerprint density at radius 3 is 3.12 bits per heavy atom. The van der Waals surface area contributed by atoms with Crippen LogP contribution in [0.1, 0.15) is 17.9 Å². The monoisotopic (exact) mass is 234 g/mol. The van der Waals surface area contributed by atoms with Crippen molar-refractivity contribution >= 4 is 11.1 Å². The quantitative estimate of drug-likeness (QED) is 0.779. The summed E-state index contributed by atoms with van der Waals surface area (Å²) in [5.41, 5.74) is 2.87. The fourth-order valence-corrected chi connectivity index (χ4v) is 1.72. The van der Waals surface area contributed by atoms with Gasteiger partial charge in [-0.1, -0.05) is 6.07 Å². The third kappa shape index (κ3) is 3.28. The molecule has 0 amide bonds. The third-order valence-electron chi connectivity index (χ3n) is 2.54. The lowest BCUT2D eigenvalue weighted by atomic mass is 10.2. The Labute approximate surface area is 101 Å². The van der Waals surface area contributed by atoms with Crippen LogP contribution >= 0.6 is 0 Å². The third-order valence-corrected chi connectivity index (χ3v) is 2.54. The fourth-order valence-electron chi connectivity index (χ4n) is 1.72. The van der Waals surface area contributed by atoms with E-state index in [2.05, 4.69) is 10.3 Å². The lowest BCUT2D eigenvalue weighted by Crippen LogP contribution is -2.10. The second-order valence-corrected chi connectivity index (χ2v) is 4.04. The van der Waals surface area contributed by atoms with Crippen molar-refractivity contribution in [2.24, 2.45) is 0 Å². The number of nitrogens with zero attached hydrogens (tertiary/aromatic N) is 1. The molecule has 1 aromatic heterocycles. The first kappa shape index (κ1) is 12.1. The summed E-state index contributed by atoms with van der Waals surface area (Å²) in [7, 11) is 1.95. The van der Waals surface area contributed by atoms with Crippen LogP contribution < -0.4 is 5.32 Å². The molecule has 1 aromatic carbocycles. The highest BCUT2D eigenvalue weighted by molar-refractivity contribution is 5.73. The summed E-state index contributed by atoms with van der Waals surface area (Å²) in [6.07, 6.45) is 1.03. The second kappa shape index (κ2) is 5.80. The van der Waals surface area contributed by atoms with Gasteiger partial charge >= 0.3 is 0 Å². The molecule has 0 spiro atoms. The molecule has 1 heterocycles. The van der Waals surface area contributed by atoms with Gasteiger partial charge in [-0.15, -0.1) is 0 Å². The van der Waals surface area contributed by atoms with Gasteiger partial charge < -0.3 is 14.5 Å². The number of fused-ring (bicyclic) bond motifs is 1. The summed E-state index contributed by atoms with van der Waals surface area (Å²) in [6.45, 7) is 4.25. The van der Waals surface area contributed by atoms with Crippen LogP contribution in [0.5, 0.6) is 0 Å². The minimum absolute atomic E-state index is 0.631. The number of nitrogens with one attached hydrogen (secondary N) is 1. The van der Waals surface area contributed by atoms with Crippen LogP contribution in [0.2, 0.25) is 0 Å². The molecule has 0 aliphatic heterocycles. The van der Waals surface area contributed by atoms with E-state index in [1.165, 1.54) is 0 Å². The fraction of sp³-hybridized carbons (Fsp3) is 0.462. The largest absolute Gasteiger partial charge is 0.441 e. The van der Waals surface area contributed by atoms with Gasteiger partial charge in [0.15, 0.2) is 11.5 Å². The smallest absolute Gasteiger partial charge is 0.192 e. The number of ether oxygens (including phenoxy) is 1. The van der Waals surface area contributed by atoms with Crippen molar-refractivity contribution in [2.45, 2.75) is 20.0 Å². The normalized spacial score (nSPS) is 11.2. The first-order chi connectivity index (χ1) is 8.29. The van der Waals surface area contributed by atoms with Gasteiger partial charge in [0, 0.05) is 13.5 Å². The Balaban J connectivity index is 1.90. The number of oxazole rings is 1. The van der Waals surface area contributed by atoms with Crippen molar-refractivity contribution in [1.29, 1.82) is 0 Å². The van der Waals surface area contributed by atoms with E-state index in [0.29, 0.717) is 12.5 Å². The van der Waals surface area contributed by atoms with Gasteiger partial charge in [0.2, 0.25) is 0 Å². The summed E-state index contributed by atoms with van der Waals surface area (Å²) in [6, 6.07) is 5.98. The molecule has 0 bridgehead atoms. The standard InChI is InChI=1S/C13H18N2O2/c1-10-15-12-8-11(4-5-13(12)17-10)9-16-7-3-6-14-2/h4-5,8,14H,3,6-7,9H2,1-2H3. The van der Waals surface area contributed by atoms with Gasteiger partial charge in [-0.2, -0.15) is 0 Å². The number of aryl methyl sites for hydroxylation is 1. The second-order valence-electron chi connectivity index (χ2n) is 4.04. The minimum atomic E-state index is 0.631. The maximum absolute atomic E-state index is 5.58. The molecule has 0 saturated heterocycles. The molecule has 92 valence electrons. The van der Waals surface area contributed by atoms with Crippen molar-refractivity contribution in [2.75, 3.05) is 20.2 Å². The van der Waals surface area contributed by atoms with Gasteiger partial charge in [-0.3, -0.25) is 0 Å². The Morgan fingerprint density at radius 2 is 2.29 bits per heavy atom. The molecule has 0 unspecified atom stereocenters. The summed E-state index contributed by atoms with van der Waals surface area (Å²) >= 11 is 0. The van der Waals surface area contributed by atoms with E-state index in [4.69, 9.17) is 9.15 Å². The van der Waals surface area contributed by atoms with Crippen LogP contribution in [0, 0.1) is 6.92 Å². The highest BCUT2D eigenvalue weighted by Gasteiger charge is 2.02. The maximum atomic E-state index is 5.58. The zero-order chi connectivity index (χ0) is 12.1. The molecular weight excluding hydrogens is 216 g/mol. The lowest BCUT2D eigenvalue weighted by Gasteiger charge is -2.03. The SMILES string of the molecule is CNCCCOCc1ccc2oc(C)nc2c1. The Hall–Kier alpha value is -1.39. The van der Waals surface area contributed by atoms with E-state index in [-0.39, 0.29) is 0 Å². The zero-order valence-corrected chi connectivity index (χ0v) is 10.3. The lowest BCUT2D eigenvalue weighted by molar-refractivity contribution is 0.119. The highest BCUT2D eigenvalue weighted by Crippen LogP contribution is 2.17. The van der Waals surface area contributed by atoms with Crippen LogP contribution in [0.15, 0.2) is 22.6 Å². The van der Waals surface area contributed by atoms with Gasteiger partial charge in [0.1, 0.15) is 5.52 Å². The minimum Gasteiger partial charge on any atom is -0.441 e. The topological polar surface area (TPSA) is 47.3 Å². The van der Waals surface area contributed by atoms with Gasteiger partial charge in [-0.25, -0.2) is 4.98 Å². The van der Waals surface area contributed by atoms with E-state index in [1.54, 1.807) is 0 Å². The molecule has 1 N–H and O–H groups in total. The van der Waals surface area contributed by atoms with Crippen LogP contribution in [-0.2, 0) is 11.3 Å². The molecule has 4 nitrogen and oxygen atoms in total. The predicted molar refractivity (Wildman–Crippen MR) is 66.9 cm³/mol. The number of benzene rings is 1. The van der Waals surface area contributed by atoms with E-state index in [0.717, 1.165) is 36.2 Å². The zero-order valence-electron chi connectivity index (χ0n) is 10.3. The van der Waals surface area contributed by atoms with Crippen LogP contribution in [-0.4, -0.2) is 25.2 Å². The molecule has 2 rings (SSSR count).